The number of nitrogens with one attached hydrogen (secondary N) is 1. The van der Waals surface area contributed by atoms with E-state index >= 15 is 0 Å². The molecule has 1 fully saturated rings. The van der Waals surface area contributed by atoms with Crippen LogP contribution < -0.4 is 5.32 Å². The number of carbonyl (C=O) groups excluding carboxylic acids is 1. The maximum Gasteiger partial charge on any atom is 0.264 e. The zero-order valence-corrected chi connectivity index (χ0v) is 12.2. The molecule has 0 aromatic heterocycles. The number of carbonyl (C=O) groups is 1. The van der Waals surface area contributed by atoms with Crippen molar-refractivity contribution in [2.45, 2.75) is 0 Å². The summed E-state index contributed by atoms with van der Waals surface area (Å²) >= 11 is 1.20. The molecule has 1 aliphatic heterocycles. The first-order valence-corrected chi connectivity index (χ1v) is 7.30. The fraction of sp³-hybridized carbons (Fsp3) is 0. The molecule has 0 atom stereocenters. The van der Waals surface area contributed by atoms with E-state index in [0.717, 1.165) is 5.56 Å². The summed E-state index contributed by atoms with van der Waals surface area (Å²) in [5.41, 5.74) is 1.20. The quantitative estimate of drug-likeness (QED) is 0.745. The number of rotatable bonds is 2. The first-order valence-electron chi connectivity index (χ1n) is 6.48. The van der Waals surface area contributed by atoms with E-state index in [9.17, 15) is 15.0 Å². The molecule has 0 aliphatic carbocycles. The Balaban J connectivity index is 1.84. The van der Waals surface area contributed by atoms with Gasteiger partial charge in [-0.25, -0.2) is 4.99 Å². The number of thioether (sulfide) groups is 1. The number of aromatic hydroxyl groups is 2. The van der Waals surface area contributed by atoms with Gasteiger partial charge in [0, 0.05) is 0 Å². The molecule has 2 aromatic rings. The normalized spacial score (nSPS) is 17.9. The molecule has 3 rings (SSSR count). The molecule has 1 amide bonds. The Bertz CT molecular complexity index is 782. The molecule has 0 radical (unpaired) electrons. The number of nitrogens with zero attached hydrogens (tertiary/aromatic N) is 1. The lowest BCUT2D eigenvalue weighted by atomic mass is 10.2. The third-order valence-electron chi connectivity index (χ3n) is 2.95. The summed E-state index contributed by atoms with van der Waals surface area (Å²) in [6, 6.07) is 13.2. The van der Waals surface area contributed by atoms with Crippen LogP contribution in [-0.4, -0.2) is 21.3 Å². The van der Waals surface area contributed by atoms with Crippen LogP contribution in [0.5, 0.6) is 11.5 Å². The topological polar surface area (TPSA) is 81.9 Å². The molecule has 0 unspecified atom stereocenters. The molecule has 6 heteroatoms. The minimum Gasteiger partial charge on any atom is -0.508 e. The fourth-order valence-electron chi connectivity index (χ4n) is 1.87. The Morgan fingerprint density at radius 2 is 1.77 bits per heavy atom. The number of hydrogen-bond donors (Lipinski definition) is 3. The minimum absolute atomic E-state index is 0.0563. The zero-order chi connectivity index (χ0) is 15.5. The summed E-state index contributed by atoms with van der Waals surface area (Å²) in [5, 5.41) is 22.0. The van der Waals surface area contributed by atoms with Crippen LogP contribution in [0.4, 0.5) is 5.69 Å². The first-order chi connectivity index (χ1) is 10.6. The Morgan fingerprint density at radius 1 is 1.05 bits per heavy atom. The predicted octanol–water partition coefficient (Wildman–Crippen LogP) is 2.99. The van der Waals surface area contributed by atoms with E-state index in [1.165, 1.54) is 17.8 Å². The van der Waals surface area contributed by atoms with E-state index in [1.54, 1.807) is 48.5 Å². The van der Waals surface area contributed by atoms with Crippen molar-refractivity contribution in [3.63, 3.8) is 0 Å². The Morgan fingerprint density at radius 3 is 2.50 bits per heavy atom. The maximum atomic E-state index is 11.9. The van der Waals surface area contributed by atoms with Crippen molar-refractivity contribution in [2.24, 2.45) is 4.99 Å². The third-order valence-corrected chi connectivity index (χ3v) is 3.86. The Kier molecular flexibility index (Phi) is 3.84. The second-order valence-electron chi connectivity index (χ2n) is 4.56. The minimum atomic E-state index is -0.243. The van der Waals surface area contributed by atoms with Crippen LogP contribution in [0.3, 0.4) is 0 Å². The number of para-hydroxylation sites is 2. The van der Waals surface area contributed by atoms with Crippen molar-refractivity contribution in [3.8, 4) is 11.5 Å². The smallest absolute Gasteiger partial charge is 0.264 e. The van der Waals surface area contributed by atoms with E-state index in [2.05, 4.69) is 10.3 Å². The molecule has 2 aromatic carbocycles. The van der Waals surface area contributed by atoms with E-state index in [0.29, 0.717) is 15.8 Å². The number of aliphatic imine (C=N–C) groups is 1. The average Bonchev–Trinajstić information content (AvgIpc) is 2.84. The van der Waals surface area contributed by atoms with Crippen molar-refractivity contribution >= 4 is 34.6 Å². The summed E-state index contributed by atoms with van der Waals surface area (Å²) in [5.74, 6) is -0.0134. The zero-order valence-electron chi connectivity index (χ0n) is 11.4. The summed E-state index contributed by atoms with van der Waals surface area (Å²) in [4.78, 5) is 16.7. The fourth-order valence-corrected chi connectivity index (χ4v) is 2.71. The van der Waals surface area contributed by atoms with Gasteiger partial charge >= 0.3 is 0 Å². The summed E-state index contributed by atoms with van der Waals surface area (Å²) < 4.78 is 0. The summed E-state index contributed by atoms with van der Waals surface area (Å²) in [6.07, 6.45) is 1.72. The van der Waals surface area contributed by atoms with Gasteiger partial charge in [-0.2, -0.15) is 0 Å². The number of amides is 1. The van der Waals surface area contributed by atoms with Crippen LogP contribution >= 0.6 is 11.8 Å². The Labute approximate surface area is 131 Å². The summed E-state index contributed by atoms with van der Waals surface area (Å²) in [6.45, 7) is 0. The number of benzene rings is 2. The van der Waals surface area contributed by atoms with Crippen LogP contribution in [-0.2, 0) is 4.79 Å². The largest absolute Gasteiger partial charge is 0.508 e. The van der Waals surface area contributed by atoms with Crippen LogP contribution in [0.25, 0.3) is 6.08 Å². The first kappa shape index (κ1) is 14.2. The molecule has 0 saturated carbocycles. The molecule has 5 nitrogen and oxygen atoms in total. The second-order valence-corrected chi connectivity index (χ2v) is 5.59. The molecule has 1 heterocycles. The van der Waals surface area contributed by atoms with Crippen molar-refractivity contribution < 1.29 is 15.0 Å². The van der Waals surface area contributed by atoms with Gasteiger partial charge in [-0.1, -0.05) is 24.3 Å². The van der Waals surface area contributed by atoms with Crippen LogP contribution in [0.2, 0.25) is 0 Å². The third kappa shape index (κ3) is 3.12. The lowest BCUT2D eigenvalue weighted by molar-refractivity contribution is -0.115. The van der Waals surface area contributed by atoms with Crippen molar-refractivity contribution in [3.05, 3.63) is 59.0 Å². The van der Waals surface area contributed by atoms with Gasteiger partial charge in [0.15, 0.2) is 5.17 Å². The maximum absolute atomic E-state index is 11.9. The molecule has 1 saturated heterocycles. The number of amidine groups is 1. The lowest BCUT2D eigenvalue weighted by Crippen LogP contribution is -2.19. The number of phenols is 2. The molecular formula is C16H12N2O3S. The molecule has 0 spiro atoms. The summed E-state index contributed by atoms with van der Waals surface area (Å²) in [7, 11) is 0. The predicted molar refractivity (Wildman–Crippen MR) is 87.0 cm³/mol. The second kappa shape index (κ2) is 5.95. The van der Waals surface area contributed by atoms with Gasteiger partial charge in [0.25, 0.3) is 5.91 Å². The van der Waals surface area contributed by atoms with E-state index in [4.69, 9.17) is 0 Å². The van der Waals surface area contributed by atoms with E-state index in [1.807, 2.05) is 0 Å². The van der Waals surface area contributed by atoms with Gasteiger partial charge in [0.1, 0.15) is 17.2 Å². The number of phenolic OH excluding ortho intramolecular Hbond substituents is 2. The molecule has 22 heavy (non-hydrogen) atoms. The van der Waals surface area contributed by atoms with Gasteiger partial charge in [-0.15, -0.1) is 0 Å². The van der Waals surface area contributed by atoms with Gasteiger partial charge in [0.05, 0.1) is 4.91 Å². The highest BCUT2D eigenvalue weighted by molar-refractivity contribution is 8.18. The molecular weight excluding hydrogens is 300 g/mol. The number of hydrogen-bond acceptors (Lipinski definition) is 5. The van der Waals surface area contributed by atoms with Gasteiger partial charge in [0.2, 0.25) is 0 Å². The van der Waals surface area contributed by atoms with Gasteiger partial charge < -0.3 is 15.5 Å². The van der Waals surface area contributed by atoms with E-state index in [-0.39, 0.29) is 17.4 Å². The standard InChI is InChI=1S/C16H12N2O3S/c19-11-7-5-10(6-8-11)9-14-15(21)18-16(22-14)17-12-3-1-2-4-13(12)20/h1-9,19-20H,(H,17,18,21). The highest BCUT2D eigenvalue weighted by atomic mass is 32.2. The average molecular weight is 312 g/mol. The molecule has 0 bridgehead atoms. The van der Waals surface area contributed by atoms with Gasteiger partial charge in [-0.05, 0) is 47.7 Å². The molecule has 1 aliphatic rings. The van der Waals surface area contributed by atoms with Crippen molar-refractivity contribution in [2.75, 3.05) is 0 Å². The monoisotopic (exact) mass is 312 g/mol. The molecule has 110 valence electrons. The highest BCUT2D eigenvalue weighted by Gasteiger charge is 2.24. The van der Waals surface area contributed by atoms with Crippen LogP contribution in [0, 0.1) is 0 Å². The van der Waals surface area contributed by atoms with Crippen LogP contribution in [0.1, 0.15) is 5.56 Å². The van der Waals surface area contributed by atoms with Crippen molar-refractivity contribution in [1.29, 1.82) is 0 Å². The highest BCUT2D eigenvalue weighted by Crippen LogP contribution is 2.31. The van der Waals surface area contributed by atoms with Gasteiger partial charge in [-0.3, -0.25) is 4.79 Å². The molecule has 3 N–H and O–H groups in total. The Hall–Kier alpha value is -2.73. The van der Waals surface area contributed by atoms with Crippen LogP contribution in [0.15, 0.2) is 58.4 Å². The van der Waals surface area contributed by atoms with Crippen molar-refractivity contribution in [1.82, 2.24) is 5.32 Å². The SMILES string of the molecule is O=C1NC(=Nc2ccccc2O)SC1=Cc1ccc(O)cc1. The lowest BCUT2D eigenvalue weighted by Gasteiger charge is -1.98. The van der Waals surface area contributed by atoms with E-state index < -0.39 is 0 Å².